The van der Waals surface area contributed by atoms with Crippen molar-refractivity contribution in [2.75, 3.05) is 39.8 Å². The lowest BCUT2D eigenvalue weighted by atomic mass is 10.1. The highest BCUT2D eigenvalue weighted by molar-refractivity contribution is 5.59. The average molecular weight is 339 g/mol. The summed E-state index contributed by atoms with van der Waals surface area (Å²) in [6.45, 7) is 10.4. The predicted octanol–water partition coefficient (Wildman–Crippen LogP) is 3.59. The number of hydrogen-bond acceptors (Lipinski definition) is 4. The standard InChI is InChI=1S/C21H29N3O/c1-4-25-17(2)19-6-8-20(9-7-19)21-10-5-18(15-22-21)16-24-13-11-23(3)12-14-24/h5-10,15,17H,4,11-14,16H2,1-3H3/t17-/m1/s1. The molecule has 0 radical (unpaired) electrons. The maximum absolute atomic E-state index is 5.64. The summed E-state index contributed by atoms with van der Waals surface area (Å²) in [6.07, 6.45) is 2.16. The molecule has 25 heavy (non-hydrogen) atoms. The largest absolute Gasteiger partial charge is 0.374 e. The summed E-state index contributed by atoms with van der Waals surface area (Å²) < 4.78 is 5.64. The highest BCUT2D eigenvalue weighted by Gasteiger charge is 2.14. The minimum absolute atomic E-state index is 0.137. The van der Waals surface area contributed by atoms with Crippen molar-refractivity contribution in [3.8, 4) is 11.3 Å². The van der Waals surface area contributed by atoms with Gasteiger partial charge in [-0.2, -0.15) is 0 Å². The van der Waals surface area contributed by atoms with E-state index in [4.69, 9.17) is 4.74 Å². The maximum Gasteiger partial charge on any atom is 0.0796 e. The Labute approximate surface area is 151 Å². The molecule has 1 fully saturated rings. The number of piperazine rings is 1. The van der Waals surface area contributed by atoms with E-state index in [1.165, 1.54) is 11.1 Å². The van der Waals surface area contributed by atoms with Crippen LogP contribution in [-0.2, 0) is 11.3 Å². The van der Waals surface area contributed by atoms with Gasteiger partial charge in [0.1, 0.15) is 0 Å². The maximum atomic E-state index is 5.64. The molecule has 1 aromatic heterocycles. The van der Waals surface area contributed by atoms with Crippen molar-refractivity contribution >= 4 is 0 Å². The van der Waals surface area contributed by atoms with Crippen LogP contribution in [0.2, 0.25) is 0 Å². The molecule has 1 aliphatic rings. The van der Waals surface area contributed by atoms with Crippen molar-refractivity contribution in [2.45, 2.75) is 26.5 Å². The third-order valence-corrected chi connectivity index (χ3v) is 4.92. The van der Waals surface area contributed by atoms with Gasteiger partial charge in [0.05, 0.1) is 11.8 Å². The van der Waals surface area contributed by atoms with Gasteiger partial charge in [0.25, 0.3) is 0 Å². The normalized spacial score (nSPS) is 17.6. The Morgan fingerprint density at radius 2 is 1.76 bits per heavy atom. The van der Waals surface area contributed by atoms with Crippen LogP contribution in [0.25, 0.3) is 11.3 Å². The van der Waals surface area contributed by atoms with Crippen LogP contribution in [0, 0.1) is 0 Å². The monoisotopic (exact) mass is 339 g/mol. The Bertz CT molecular complexity index is 646. The first-order valence-electron chi connectivity index (χ1n) is 9.23. The first-order chi connectivity index (χ1) is 12.2. The number of ether oxygens (including phenoxy) is 1. The molecule has 0 bridgehead atoms. The van der Waals surface area contributed by atoms with Gasteiger partial charge in [0, 0.05) is 51.1 Å². The Morgan fingerprint density at radius 1 is 1.04 bits per heavy atom. The second-order valence-corrected chi connectivity index (χ2v) is 6.85. The van der Waals surface area contributed by atoms with Crippen molar-refractivity contribution < 1.29 is 4.74 Å². The second-order valence-electron chi connectivity index (χ2n) is 6.85. The van der Waals surface area contributed by atoms with E-state index in [9.17, 15) is 0 Å². The zero-order valence-electron chi connectivity index (χ0n) is 15.6. The summed E-state index contributed by atoms with van der Waals surface area (Å²) in [4.78, 5) is 9.56. The van der Waals surface area contributed by atoms with Crippen LogP contribution in [0.1, 0.15) is 31.1 Å². The zero-order chi connectivity index (χ0) is 17.6. The Kier molecular flexibility index (Phi) is 6.19. The molecule has 1 atom stereocenters. The SMILES string of the molecule is CCO[C@H](C)c1ccc(-c2ccc(CN3CCN(C)CC3)cn2)cc1. The first-order valence-corrected chi connectivity index (χ1v) is 9.23. The Balaban J connectivity index is 1.62. The molecule has 0 aliphatic carbocycles. The Morgan fingerprint density at radius 3 is 2.36 bits per heavy atom. The fourth-order valence-electron chi connectivity index (χ4n) is 3.22. The molecule has 0 spiro atoms. The van der Waals surface area contributed by atoms with Crippen molar-refractivity contribution in [1.29, 1.82) is 0 Å². The topological polar surface area (TPSA) is 28.6 Å². The summed E-state index contributed by atoms with van der Waals surface area (Å²) in [7, 11) is 2.19. The molecule has 2 heterocycles. The van der Waals surface area contributed by atoms with Gasteiger partial charge in [-0.1, -0.05) is 30.3 Å². The lowest BCUT2D eigenvalue weighted by molar-refractivity contribution is 0.0764. The molecule has 3 rings (SSSR count). The van der Waals surface area contributed by atoms with Gasteiger partial charge < -0.3 is 9.64 Å². The van der Waals surface area contributed by atoms with Crippen molar-refractivity contribution in [3.63, 3.8) is 0 Å². The molecule has 1 saturated heterocycles. The number of rotatable bonds is 6. The van der Waals surface area contributed by atoms with Crippen LogP contribution >= 0.6 is 0 Å². The third kappa shape index (κ3) is 4.88. The molecule has 0 saturated carbocycles. The molecule has 134 valence electrons. The molecule has 0 N–H and O–H groups in total. The second kappa shape index (κ2) is 8.56. The molecule has 1 aromatic carbocycles. The molecule has 4 nitrogen and oxygen atoms in total. The van der Waals surface area contributed by atoms with Crippen LogP contribution in [0.3, 0.4) is 0 Å². The van der Waals surface area contributed by atoms with Crippen LogP contribution in [0.15, 0.2) is 42.6 Å². The average Bonchev–Trinajstić information content (AvgIpc) is 2.65. The highest BCUT2D eigenvalue weighted by Crippen LogP contribution is 2.22. The van der Waals surface area contributed by atoms with Gasteiger partial charge in [-0.3, -0.25) is 9.88 Å². The minimum atomic E-state index is 0.137. The number of pyridine rings is 1. The predicted molar refractivity (Wildman–Crippen MR) is 102 cm³/mol. The lowest BCUT2D eigenvalue weighted by Gasteiger charge is -2.32. The van der Waals surface area contributed by atoms with Crippen molar-refractivity contribution in [3.05, 3.63) is 53.7 Å². The van der Waals surface area contributed by atoms with Crippen LogP contribution in [0.5, 0.6) is 0 Å². The van der Waals surface area contributed by atoms with E-state index in [-0.39, 0.29) is 6.10 Å². The van der Waals surface area contributed by atoms with E-state index in [2.05, 4.69) is 65.2 Å². The van der Waals surface area contributed by atoms with Gasteiger partial charge >= 0.3 is 0 Å². The van der Waals surface area contributed by atoms with Gasteiger partial charge in [-0.05, 0) is 38.1 Å². The third-order valence-electron chi connectivity index (χ3n) is 4.92. The molecule has 4 heteroatoms. The summed E-state index contributed by atoms with van der Waals surface area (Å²) >= 11 is 0. The molecule has 0 amide bonds. The van der Waals surface area contributed by atoms with Gasteiger partial charge in [-0.25, -0.2) is 0 Å². The first kappa shape index (κ1) is 18.1. The van der Waals surface area contributed by atoms with E-state index in [0.29, 0.717) is 0 Å². The quantitative estimate of drug-likeness (QED) is 0.804. The Hall–Kier alpha value is -1.75. The smallest absolute Gasteiger partial charge is 0.0796 e. The number of likely N-dealkylation sites (N-methyl/N-ethyl adjacent to an activating group) is 1. The van der Waals surface area contributed by atoms with Crippen molar-refractivity contribution in [1.82, 2.24) is 14.8 Å². The summed E-state index contributed by atoms with van der Waals surface area (Å²) in [5.74, 6) is 0. The lowest BCUT2D eigenvalue weighted by Crippen LogP contribution is -2.43. The van der Waals surface area contributed by atoms with Gasteiger partial charge in [-0.15, -0.1) is 0 Å². The molecule has 2 aromatic rings. The van der Waals surface area contributed by atoms with E-state index in [1.54, 1.807) is 0 Å². The number of nitrogens with zero attached hydrogens (tertiary/aromatic N) is 3. The van der Waals surface area contributed by atoms with Gasteiger partial charge in [0.2, 0.25) is 0 Å². The van der Waals surface area contributed by atoms with E-state index < -0.39 is 0 Å². The van der Waals surface area contributed by atoms with Crippen LogP contribution in [0.4, 0.5) is 0 Å². The summed E-state index contributed by atoms with van der Waals surface area (Å²) in [6, 6.07) is 12.9. The minimum Gasteiger partial charge on any atom is -0.374 e. The number of benzene rings is 1. The van der Waals surface area contributed by atoms with Crippen molar-refractivity contribution in [2.24, 2.45) is 0 Å². The van der Waals surface area contributed by atoms with Crippen LogP contribution in [-0.4, -0.2) is 54.6 Å². The number of hydrogen-bond donors (Lipinski definition) is 0. The number of aromatic nitrogens is 1. The zero-order valence-corrected chi connectivity index (χ0v) is 15.6. The molecular formula is C21H29N3O. The van der Waals surface area contributed by atoms with Gasteiger partial charge in [0.15, 0.2) is 0 Å². The fourth-order valence-corrected chi connectivity index (χ4v) is 3.22. The fraction of sp³-hybridized carbons (Fsp3) is 0.476. The summed E-state index contributed by atoms with van der Waals surface area (Å²) in [5.41, 5.74) is 4.67. The molecule has 0 unspecified atom stereocenters. The highest BCUT2D eigenvalue weighted by atomic mass is 16.5. The van der Waals surface area contributed by atoms with E-state index >= 15 is 0 Å². The van der Waals surface area contributed by atoms with E-state index in [1.807, 2.05) is 13.1 Å². The summed E-state index contributed by atoms with van der Waals surface area (Å²) in [5, 5.41) is 0. The molecule has 1 aliphatic heterocycles. The molecular weight excluding hydrogens is 310 g/mol. The van der Waals surface area contributed by atoms with Crippen LogP contribution < -0.4 is 0 Å². The van der Waals surface area contributed by atoms with E-state index in [0.717, 1.165) is 50.6 Å².